The molecule has 4 rings (SSSR count). The Morgan fingerprint density at radius 2 is 2.05 bits per heavy atom. The third-order valence-electron chi connectivity index (χ3n) is 6.53. The number of carbonyl (C=O) groups is 1. The quantitative estimate of drug-likeness (QED) is 0.253. The lowest BCUT2D eigenvalue weighted by Crippen LogP contribution is -2.38. The maximum atomic E-state index is 14.9. The second kappa shape index (κ2) is 12.5. The van der Waals surface area contributed by atoms with Crippen LogP contribution in [-0.2, 0) is 16.4 Å². The van der Waals surface area contributed by atoms with Crippen LogP contribution in [0.4, 0.5) is 16.0 Å². The zero-order valence-electron chi connectivity index (χ0n) is 22.3. The van der Waals surface area contributed by atoms with Gasteiger partial charge in [0.25, 0.3) is 5.91 Å². The number of anilines is 2. The Bertz CT molecular complexity index is 1540. The van der Waals surface area contributed by atoms with Gasteiger partial charge in [-0.1, -0.05) is 35.9 Å². The van der Waals surface area contributed by atoms with Crippen LogP contribution in [0.1, 0.15) is 27.5 Å². The Morgan fingerprint density at radius 1 is 1.32 bits per heavy atom. The first-order valence-corrected chi connectivity index (χ1v) is 14.6. The SMILES string of the molecule is COc1cc(C(=O)NC[C@H](O)CO)c(F)cc1Nc1ncc(Cl)c(O[C@@H]2Cc3ccccc3[C@H]2N(C)S(C)(=O)=O)n1. The van der Waals surface area contributed by atoms with Crippen molar-refractivity contribution in [1.82, 2.24) is 19.6 Å². The van der Waals surface area contributed by atoms with E-state index in [0.29, 0.717) is 6.42 Å². The molecule has 0 bridgehead atoms. The summed E-state index contributed by atoms with van der Waals surface area (Å²) in [5.41, 5.74) is 1.48. The van der Waals surface area contributed by atoms with Crippen LogP contribution in [-0.4, -0.2) is 84.6 Å². The van der Waals surface area contributed by atoms with Crippen molar-refractivity contribution < 1.29 is 37.3 Å². The first kappa shape index (κ1) is 30.4. The predicted octanol–water partition coefficient (Wildman–Crippen LogP) is 2.04. The van der Waals surface area contributed by atoms with Gasteiger partial charge in [-0.2, -0.15) is 9.29 Å². The summed E-state index contributed by atoms with van der Waals surface area (Å²) >= 11 is 6.34. The van der Waals surface area contributed by atoms with Gasteiger partial charge < -0.3 is 30.3 Å². The number of sulfonamides is 1. The average molecular weight is 610 g/mol. The van der Waals surface area contributed by atoms with E-state index in [2.05, 4.69) is 20.6 Å². The largest absolute Gasteiger partial charge is 0.495 e. The molecular weight excluding hydrogens is 581 g/mol. The molecule has 1 amide bonds. The highest BCUT2D eigenvalue weighted by atomic mass is 35.5. The van der Waals surface area contributed by atoms with Crippen molar-refractivity contribution in [3.63, 3.8) is 0 Å². The van der Waals surface area contributed by atoms with Crippen molar-refractivity contribution in [1.29, 1.82) is 0 Å². The van der Waals surface area contributed by atoms with Gasteiger partial charge in [-0.25, -0.2) is 17.8 Å². The summed E-state index contributed by atoms with van der Waals surface area (Å²) in [6.07, 6.45) is 0.956. The molecule has 0 unspecified atom stereocenters. The van der Waals surface area contributed by atoms with Gasteiger partial charge in [0.05, 0.1) is 49.6 Å². The van der Waals surface area contributed by atoms with Gasteiger partial charge in [0.1, 0.15) is 22.7 Å². The second-order valence-electron chi connectivity index (χ2n) is 9.33. The molecule has 1 heterocycles. The van der Waals surface area contributed by atoms with Crippen LogP contribution in [0.25, 0.3) is 0 Å². The predicted molar refractivity (Wildman–Crippen MR) is 149 cm³/mol. The fourth-order valence-corrected chi connectivity index (χ4v) is 5.20. The highest BCUT2D eigenvalue weighted by molar-refractivity contribution is 7.88. The molecule has 0 aliphatic heterocycles. The van der Waals surface area contributed by atoms with E-state index in [-0.39, 0.29) is 40.4 Å². The van der Waals surface area contributed by atoms with Crippen LogP contribution in [0.2, 0.25) is 5.02 Å². The Balaban J connectivity index is 1.58. The Labute approximate surface area is 241 Å². The fourth-order valence-electron chi connectivity index (χ4n) is 4.40. The number of carbonyl (C=O) groups excluding carboxylic acids is 1. The molecule has 2 aromatic carbocycles. The van der Waals surface area contributed by atoms with Crippen LogP contribution in [0.3, 0.4) is 0 Å². The van der Waals surface area contributed by atoms with E-state index < -0.39 is 46.6 Å². The van der Waals surface area contributed by atoms with E-state index in [0.717, 1.165) is 29.5 Å². The number of hydrogen-bond acceptors (Lipinski definition) is 10. The molecule has 1 aliphatic rings. The van der Waals surface area contributed by atoms with Crippen LogP contribution < -0.4 is 20.1 Å². The molecular formula is C26H29ClFN5O7S. The number of fused-ring (bicyclic) bond motifs is 1. The number of aromatic nitrogens is 2. The van der Waals surface area contributed by atoms with Crippen molar-refractivity contribution in [2.45, 2.75) is 24.7 Å². The summed E-state index contributed by atoms with van der Waals surface area (Å²) < 4.78 is 52.4. The summed E-state index contributed by atoms with van der Waals surface area (Å²) in [5.74, 6) is -1.68. The van der Waals surface area contributed by atoms with Gasteiger partial charge in [-0.15, -0.1) is 0 Å². The molecule has 15 heteroatoms. The molecule has 1 aliphatic carbocycles. The molecule has 1 aromatic heterocycles. The molecule has 0 radical (unpaired) electrons. The number of ether oxygens (including phenoxy) is 2. The van der Waals surface area contributed by atoms with Crippen LogP contribution in [0, 0.1) is 5.82 Å². The summed E-state index contributed by atoms with van der Waals surface area (Å²) in [5, 5.41) is 23.5. The molecule has 41 heavy (non-hydrogen) atoms. The summed E-state index contributed by atoms with van der Waals surface area (Å²) in [4.78, 5) is 20.8. The highest BCUT2D eigenvalue weighted by Gasteiger charge is 2.40. The highest BCUT2D eigenvalue weighted by Crippen LogP contribution is 2.40. The van der Waals surface area contributed by atoms with E-state index >= 15 is 0 Å². The minimum Gasteiger partial charge on any atom is -0.495 e. The smallest absolute Gasteiger partial charge is 0.254 e. The number of likely N-dealkylation sites (N-methyl/N-ethyl adjacent to an activating group) is 1. The number of nitrogens with zero attached hydrogens (tertiary/aromatic N) is 3. The van der Waals surface area contributed by atoms with Crippen molar-refractivity contribution >= 4 is 39.2 Å². The normalized spacial score (nSPS) is 17.2. The minimum atomic E-state index is -3.57. The van der Waals surface area contributed by atoms with Gasteiger partial charge in [-0.3, -0.25) is 4.79 Å². The van der Waals surface area contributed by atoms with E-state index in [1.54, 1.807) is 0 Å². The van der Waals surface area contributed by atoms with Gasteiger partial charge >= 0.3 is 0 Å². The number of halogens is 2. The molecule has 3 aromatic rings. The molecule has 0 spiro atoms. The molecule has 0 saturated heterocycles. The zero-order chi connectivity index (χ0) is 29.9. The van der Waals surface area contributed by atoms with Crippen LogP contribution >= 0.6 is 11.6 Å². The maximum Gasteiger partial charge on any atom is 0.254 e. The lowest BCUT2D eigenvalue weighted by Gasteiger charge is -2.28. The van der Waals surface area contributed by atoms with Crippen molar-refractivity contribution in [2.75, 3.05) is 38.9 Å². The fraction of sp³-hybridized carbons (Fsp3) is 0.346. The number of aliphatic hydroxyl groups is 2. The third-order valence-corrected chi connectivity index (χ3v) is 8.06. The summed E-state index contributed by atoms with van der Waals surface area (Å²) in [6.45, 7) is -0.837. The number of nitrogens with one attached hydrogen (secondary N) is 2. The van der Waals surface area contributed by atoms with Gasteiger partial charge in [0.2, 0.25) is 21.9 Å². The molecule has 220 valence electrons. The molecule has 0 saturated carbocycles. The molecule has 4 N–H and O–H groups in total. The van der Waals surface area contributed by atoms with Crippen molar-refractivity contribution in [3.05, 3.63) is 70.1 Å². The van der Waals surface area contributed by atoms with Gasteiger partial charge in [-0.05, 0) is 17.2 Å². The van der Waals surface area contributed by atoms with E-state index in [1.807, 2.05) is 24.3 Å². The lowest BCUT2D eigenvalue weighted by molar-refractivity contribution is 0.0799. The van der Waals surface area contributed by atoms with E-state index in [4.69, 9.17) is 26.2 Å². The lowest BCUT2D eigenvalue weighted by atomic mass is 10.1. The Hall–Kier alpha value is -3.56. The molecule has 12 nitrogen and oxygen atoms in total. The Morgan fingerprint density at radius 3 is 2.73 bits per heavy atom. The standard InChI is InChI=1S/C26H29ClFN5O7S/c1-33(41(3,37)38)23-16-7-5-4-6-14(16)8-22(23)40-25-18(27)12-30-26(32-25)31-20-10-19(28)17(9-21(20)39-2)24(36)29-11-15(35)13-34/h4-7,9-10,12,15,22-23,34-35H,8,11,13H2,1-3H3,(H,29,36)(H,30,31,32)/t15-,22+,23+/m0/s1. The second-order valence-corrected chi connectivity index (χ2v) is 11.8. The van der Waals surface area contributed by atoms with Gasteiger partial charge in [0, 0.05) is 26.1 Å². The van der Waals surface area contributed by atoms with E-state index in [9.17, 15) is 22.7 Å². The van der Waals surface area contributed by atoms with E-state index in [1.165, 1.54) is 24.7 Å². The van der Waals surface area contributed by atoms with Gasteiger partial charge in [0.15, 0.2) is 0 Å². The number of amides is 1. The van der Waals surface area contributed by atoms with Crippen molar-refractivity contribution in [2.24, 2.45) is 0 Å². The first-order valence-electron chi connectivity index (χ1n) is 12.3. The number of benzene rings is 2. The maximum absolute atomic E-state index is 14.9. The first-order chi connectivity index (χ1) is 19.4. The molecule has 3 atom stereocenters. The molecule has 0 fully saturated rings. The number of aliphatic hydroxyl groups excluding tert-OH is 2. The third kappa shape index (κ3) is 6.85. The van der Waals surface area contributed by atoms with Crippen molar-refractivity contribution in [3.8, 4) is 11.6 Å². The number of methoxy groups -OCH3 is 1. The number of rotatable bonds is 11. The minimum absolute atomic E-state index is 0.0215. The summed E-state index contributed by atoms with van der Waals surface area (Å²) in [7, 11) is -0.769. The number of hydrogen-bond donors (Lipinski definition) is 4. The Kier molecular flexibility index (Phi) is 9.29. The average Bonchev–Trinajstić information content (AvgIpc) is 3.30. The van der Waals surface area contributed by atoms with Crippen LogP contribution in [0.5, 0.6) is 11.6 Å². The summed E-state index contributed by atoms with van der Waals surface area (Å²) in [6, 6.07) is 8.97. The zero-order valence-corrected chi connectivity index (χ0v) is 23.9. The van der Waals surface area contributed by atoms with Crippen LogP contribution in [0.15, 0.2) is 42.6 Å². The monoisotopic (exact) mass is 609 g/mol. The topological polar surface area (TPSA) is 163 Å².